The van der Waals surface area contributed by atoms with E-state index >= 15 is 0 Å². The molecule has 2 aromatic carbocycles. The van der Waals surface area contributed by atoms with E-state index in [4.69, 9.17) is 17.2 Å². The number of carbonyl (C=O) groups excluding carboxylic acids is 3. The maximum absolute atomic E-state index is 13.3. The fraction of sp³-hybridized carbons (Fsp3) is 0.357. The van der Waals surface area contributed by atoms with E-state index < -0.39 is 18.0 Å². The van der Waals surface area contributed by atoms with Gasteiger partial charge >= 0.3 is 0 Å². The summed E-state index contributed by atoms with van der Waals surface area (Å²) in [5, 5.41) is 6.59. The molecule has 0 unspecified atom stereocenters. The number of amides is 3. The smallest absolute Gasteiger partial charge is 0.247 e. The summed E-state index contributed by atoms with van der Waals surface area (Å²) < 4.78 is 0. The quantitative estimate of drug-likeness (QED) is 0.208. The molecule has 202 valence electrons. The monoisotopic (exact) mass is 520 g/mol. The standard InChI is InChI=1S/C28H37N7O3/c29-13-6-15-35(16-14-30)26(36)18-23(31)27(37)34-25(12-11-20-7-2-1-3-8-20)28(38)33-22-17-21-9-4-5-10-24(21)32-19-22/h1-5,7-10,17,19,23,25H,6,11-16,18,29-31H2,(H,33,38)(H,34,37)/p+1/t23-,25-/m0/s1. The molecule has 3 amide bonds. The minimum absolute atomic E-state index is 0.191. The van der Waals surface area contributed by atoms with Crippen molar-refractivity contribution < 1.29 is 19.4 Å². The number of hydrogen-bond acceptors (Lipinski definition) is 6. The van der Waals surface area contributed by atoms with E-state index in [1.165, 1.54) is 0 Å². The summed E-state index contributed by atoms with van der Waals surface area (Å²) in [4.78, 5) is 43.7. The summed E-state index contributed by atoms with van der Waals surface area (Å²) in [6.07, 6.45) is 3.06. The lowest BCUT2D eigenvalue weighted by Crippen LogP contribution is -2.51. The number of para-hydroxylation sites is 1. The number of hydrogen-bond donors (Lipinski definition) is 5. The van der Waals surface area contributed by atoms with Crippen LogP contribution in [0.2, 0.25) is 0 Å². The van der Waals surface area contributed by atoms with Gasteiger partial charge in [0.2, 0.25) is 23.2 Å². The maximum atomic E-state index is 13.3. The Balaban J connectivity index is 1.68. The molecule has 10 heteroatoms. The summed E-state index contributed by atoms with van der Waals surface area (Å²) in [6.45, 7) is 1.55. The number of pyridine rings is 1. The number of anilines is 1. The van der Waals surface area contributed by atoms with Crippen LogP contribution in [0, 0.1) is 0 Å². The van der Waals surface area contributed by atoms with Crippen molar-refractivity contribution >= 4 is 34.3 Å². The molecule has 0 aliphatic carbocycles. The Hall–Kier alpha value is -3.86. The number of aromatic nitrogens is 1. The van der Waals surface area contributed by atoms with E-state index in [0.717, 1.165) is 16.5 Å². The van der Waals surface area contributed by atoms with Crippen LogP contribution < -0.4 is 32.8 Å². The van der Waals surface area contributed by atoms with Gasteiger partial charge in [0.25, 0.3) is 0 Å². The highest BCUT2D eigenvalue weighted by atomic mass is 16.2. The van der Waals surface area contributed by atoms with Crippen molar-refractivity contribution in [1.29, 1.82) is 0 Å². The average Bonchev–Trinajstić information content (AvgIpc) is 2.93. The Morgan fingerprint density at radius 1 is 0.921 bits per heavy atom. The molecule has 0 saturated heterocycles. The molecule has 10 nitrogen and oxygen atoms in total. The van der Waals surface area contributed by atoms with Crippen LogP contribution in [0.3, 0.4) is 0 Å². The molecule has 1 aromatic heterocycles. The highest BCUT2D eigenvalue weighted by molar-refractivity contribution is 5.99. The summed E-state index contributed by atoms with van der Waals surface area (Å²) in [6, 6.07) is 17.3. The van der Waals surface area contributed by atoms with Crippen LogP contribution in [-0.2, 0) is 20.8 Å². The fourth-order valence-electron chi connectivity index (χ4n) is 4.13. The Kier molecular flexibility index (Phi) is 11.2. The van der Waals surface area contributed by atoms with Gasteiger partial charge in [0.15, 0.2) is 6.20 Å². The Labute approximate surface area is 222 Å². The summed E-state index contributed by atoms with van der Waals surface area (Å²) in [7, 11) is 0. The minimum atomic E-state index is -1.11. The lowest BCUT2D eigenvalue weighted by Gasteiger charge is -2.24. The molecule has 0 spiro atoms. The molecule has 0 aliphatic rings. The molecular formula is C28H38N7O3+. The number of aryl methyl sites for hydroxylation is 1. The second kappa shape index (κ2) is 14.8. The van der Waals surface area contributed by atoms with Crippen LogP contribution in [0.5, 0.6) is 0 Å². The first-order valence-corrected chi connectivity index (χ1v) is 12.9. The number of H-pyrrole nitrogens is 1. The van der Waals surface area contributed by atoms with Gasteiger partial charge in [-0.15, -0.1) is 0 Å². The number of carbonyl (C=O) groups is 3. The van der Waals surface area contributed by atoms with Gasteiger partial charge in [0, 0.05) is 31.1 Å². The van der Waals surface area contributed by atoms with Gasteiger partial charge in [-0.2, -0.15) is 0 Å². The minimum Gasteiger partial charge on any atom is -0.343 e. The molecule has 2 atom stereocenters. The maximum Gasteiger partial charge on any atom is 0.247 e. The highest BCUT2D eigenvalue weighted by Gasteiger charge is 2.27. The van der Waals surface area contributed by atoms with Crippen LogP contribution in [0.25, 0.3) is 10.9 Å². The van der Waals surface area contributed by atoms with Gasteiger partial charge in [-0.05, 0) is 43.5 Å². The first kappa shape index (κ1) is 28.7. The molecule has 0 aliphatic heterocycles. The van der Waals surface area contributed by atoms with Crippen LogP contribution in [0.15, 0.2) is 66.9 Å². The fourth-order valence-corrected chi connectivity index (χ4v) is 4.13. The van der Waals surface area contributed by atoms with Crippen molar-refractivity contribution in [3.05, 3.63) is 72.4 Å². The van der Waals surface area contributed by atoms with Crippen molar-refractivity contribution in [3.63, 3.8) is 0 Å². The Morgan fingerprint density at radius 3 is 2.39 bits per heavy atom. The number of aromatic amines is 1. The van der Waals surface area contributed by atoms with Gasteiger partial charge in [-0.1, -0.05) is 42.5 Å². The normalized spacial score (nSPS) is 12.5. The van der Waals surface area contributed by atoms with Crippen LogP contribution in [0.1, 0.15) is 24.8 Å². The number of nitrogens with zero attached hydrogens (tertiary/aromatic N) is 1. The van der Waals surface area contributed by atoms with Gasteiger partial charge in [-0.3, -0.25) is 14.4 Å². The zero-order chi connectivity index (χ0) is 27.3. The first-order valence-electron chi connectivity index (χ1n) is 12.9. The third kappa shape index (κ3) is 8.62. The second-order valence-electron chi connectivity index (χ2n) is 9.17. The predicted octanol–water partition coefficient (Wildman–Crippen LogP) is 0.564. The summed E-state index contributed by atoms with van der Waals surface area (Å²) in [5.41, 5.74) is 19.8. The van der Waals surface area contributed by atoms with Gasteiger partial charge in [0.05, 0.1) is 12.5 Å². The average molecular weight is 521 g/mol. The third-order valence-corrected chi connectivity index (χ3v) is 6.24. The molecule has 0 bridgehead atoms. The topological polar surface area (TPSA) is 171 Å². The number of nitrogens with one attached hydrogen (secondary N) is 3. The zero-order valence-electron chi connectivity index (χ0n) is 21.6. The van der Waals surface area contributed by atoms with E-state index in [-0.39, 0.29) is 18.2 Å². The molecule has 38 heavy (non-hydrogen) atoms. The molecule has 0 radical (unpaired) electrons. The van der Waals surface area contributed by atoms with Gasteiger partial charge in [-0.25, -0.2) is 4.98 Å². The Morgan fingerprint density at radius 2 is 1.66 bits per heavy atom. The molecule has 1 heterocycles. The van der Waals surface area contributed by atoms with Crippen molar-refractivity contribution in [1.82, 2.24) is 10.2 Å². The summed E-state index contributed by atoms with van der Waals surface area (Å²) in [5.74, 6) is -1.21. The van der Waals surface area contributed by atoms with E-state index in [2.05, 4.69) is 15.6 Å². The SMILES string of the molecule is NCCCN(CCN)C(=O)C[C@H](N)C(=O)N[C@@H](CCc1ccccc1)C(=O)Nc1c[nH+]c2ccccc2c1. The molecule has 0 saturated carbocycles. The highest BCUT2D eigenvalue weighted by Crippen LogP contribution is 2.15. The second-order valence-corrected chi connectivity index (χ2v) is 9.17. The molecule has 3 aromatic rings. The van der Waals surface area contributed by atoms with E-state index in [1.54, 1.807) is 11.1 Å². The molecule has 0 fully saturated rings. The van der Waals surface area contributed by atoms with Gasteiger partial charge in [0.1, 0.15) is 11.7 Å². The van der Waals surface area contributed by atoms with Crippen LogP contribution in [0.4, 0.5) is 5.69 Å². The number of rotatable bonds is 14. The van der Waals surface area contributed by atoms with Gasteiger partial charge < -0.3 is 32.7 Å². The lowest BCUT2D eigenvalue weighted by atomic mass is 10.0. The van der Waals surface area contributed by atoms with Crippen molar-refractivity contribution in [2.24, 2.45) is 17.2 Å². The van der Waals surface area contributed by atoms with E-state index in [1.807, 2.05) is 60.7 Å². The van der Waals surface area contributed by atoms with Crippen molar-refractivity contribution in [3.8, 4) is 0 Å². The van der Waals surface area contributed by atoms with Crippen molar-refractivity contribution in [2.45, 2.75) is 37.8 Å². The third-order valence-electron chi connectivity index (χ3n) is 6.24. The number of benzene rings is 2. The van der Waals surface area contributed by atoms with Crippen LogP contribution >= 0.6 is 0 Å². The van der Waals surface area contributed by atoms with Crippen molar-refractivity contribution in [2.75, 3.05) is 31.5 Å². The summed E-state index contributed by atoms with van der Waals surface area (Å²) >= 11 is 0. The van der Waals surface area contributed by atoms with E-state index in [0.29, 0.717) is 51.1 Å². The zero-order valence-corrected chi connectivity index (χ0v) is 21.6. The largest absolute Gasteiger partial charge is 0.343 e. The molecular weight excluding hydrogens is 482 g/mol. The molecule has 9 N–H and O–H groups in total. The number of fused-ring (bicyclic) bond motifs is 1. The van der Waals surface area contributed by atoms with Crippen LogP contribution in [-0.4, -0.2) is 60.9 Å². The first-order chi connectivity index (χ1) is 18.4. The lowest BCUT2D eigenvalue weighted by molar-refractivity contribution is -0.343. The predicted molar refractivity (Wildman–Crippen MR) is 148 cm³/mol. The number of nitrogens with two attached hydrogens (primary N) is 3. The molecule has 3 rings (SSSR count). The van der Waals surface area contributed by atoms with E-state index in [9.17, 15) is 14.4 Å². The Bertz CT molecular complexity index is 1210.